The van der Waals surface area contributed by atoms with E-state index >= 15 is 0 Å². The summed E-state index contributed by atoms with van der Waals surface area (Å²) in [6, 6.07) is 15.9. The van der Waals surface area contributed by atoms with Crippen molar-refractivity contribution >= 4 is 28.8 Å². The van der Waals surface area contributed by atoms with Crippen molar-refractivity contribution < 1.29 is 14.3 Å². The average molecular weight is 354 g/mol. The summed E-state index contributed by atoms with van der Waals surface area (Å²) in [5.74, 6) is 0.680. The fourth-order valence-corrected chi connectivity index (χ4v) is 4.00. The normalized spacial score (nSPS) is 17.0. The first kappa shape index (κ1) is 16.0. The number of carbonyl (C=O) groups excluding carboxylic acids is 1. The van der Waals surface area contributed by atoms with Gasteiger partial charge in [-0.2, -0.15) is 0 Å². The first-order valence-corrected chi connectivity index (χ1v) is 9.18. The van der Waals surface area contributed by atoms with Crippen LogP contribution in [0.5, 0.6) is 5.75 Å². The molecule has 1 atom stereocenters. The first-order chi connectivity index (χ1) is 12.3. The molecule has 1 aliphatic rings. The van der Waals surface area contributed by atoms with E-state index in [-0.39, 0.29) is 11.2 Å². The number of aromatic nitrogens is 2. The maximum atomic E-state index is 11.9. The van der Waals surface area contributed by atoms with Crippen molar-refractivity contribution in [2.75, 3.05) is 13.2 Å². The summed E-state index contributed by atoms with van der Waals surface area (Å²) in [7, 11) is 0. The van der Waals surface area contributed by atoms with Crippen molar-refractivity contribution in [1.29, 1.82) is 0 Å². The summed E-state index contributed by atoms with van der Waals surface area (Å²) < 4.78 is 12.7. The van der Waals surface area contributed by atoms with Gasteiger partial charge in [-0.3, -0.25) is 9.36 Å². The number of hydrogen-bond acceptors (Lipinski definition) is 5. The molecule has 2 aromatic carbocycles. The standard InChI is InChI=1S/C19H18N2O3S/c1-2-23-14-9-7-13(8-10-14)21-16-6-4-3-5-15(16)20-19(21)25-17-11-12-24-18(17)22/h3-10,17H,2,11-12H2,1H3/t17-/m1/s1. The number of ether oxygens (including phenoxy) is 2. The van der Waals surface area contributed by atoms with Gasteiger partial charge in [0.1, 0.15) is 11.0 Å². The van der Waals surface area contributed by atoms with Crippen LogP contribution in [0.3, 0.4) is 0 Å². The quantitative estimate of drug-likeness (QED) is 0.652. The third-order valence-electron chi connectivity index (χ3n) is 4.07. The van der Waals surface area contributed by atoms with E-state index in [0.29, 0.717) is 13.2 Å². The highest BCUT2D eigenvalue weighted by Crippen LogP contribution is 2.34. The fraction of sp³-hybridized carbons (Fsp3) is 0.263. The van der Waals surface area contributed by atoms with Gasteiger partial charge in [0.05, 0.1) is 24.2 Å². The molecule has 6 heteroatoms. The molecule has 0 N–H and O–H groups in total. The molecule has 0 saturated carbocycles. The molecule has 1 saturated heterocycles. The van der Waals surface area contributed by atoms with Gasteiger partial charge in [-0.15, -0.1) is 0 Å². The number of imidazole rings is 1. The highest BCUT2D eigenvalue weighted by Gasteiger charge is 2.29. The maximum Gasteiger partial charge on any atom is 0.319 e. The Labute approximate surface area is 150 Å². The molecule has 0 aliphatic carbocycles. The Hall–Kier alpha value is -2.47. The van der Waals surface area contributed by atoms with Gasteiger partial charge in [0.25, 0.3) is 0 Å². The minimum Gasteiger partial charge on any atom is -0.494 e. The van der Waals surface area contributed by atoms with E-state index in [0.717, 1.165) is 34.0 Å². The number of hydrogen-bond donors (Lipinski definition) is 0. The summed E-state index contributed by atoms with van der Waals surface area (Å²) in [5.41, 5.74) is 2.91. The summed E-state index contributed by atoms with van der Waals surface area (Å²) in [6.07, 6.45) is 0.718. The number of nitrogens with zero attached hydrogens (tertiary/aromatic N) is 2. The molecule has 1 aromatic heterocycles. The highest BCUT2D eigenvalue weighted by molar-refractivity contribution is 8.00. The lowest BCUT2D eigenvalue weighted by atomic mass is 10.2. The summed E-state index contributed by atoms with van der Waals surface area (Å²) in [5, 5.41) is 0.604. The Balaban J connectivity index is 1.77. The zero-order valence-electron chi connectivity index (χ0n) is 13.8. The van der Waals surface area contributed by atoms with Gasteiger partial charge < -0.3 is 9.47 Å². The summed E-state index contributed by atoms with van der Waals surface area (Å²) in [6.45, 7) is 3.09. The summed E-state index contributed by atoms with van der Waals surface area (Å²) >= 11 is 1.47. The maximum absolute atomic E-state index is 11.9. The van der Waals surface area contributed by atoms with Crippen LogP contribution in [0.4, 0.5) is 0 Å². The van der Waals surface area contributed by atoms with Crippen molar-refractivity contribution in [2.24, 2.45) is 0 Å². The number of carbonyl (C=O) groups is 1. The smallest absolute Gasteiger partial charge is 0.319 e. The summed E-state index contributed by atoms with van der Waals surface area (Å²) in [4.78, 5) is 16.6. The van der Waals surface area contributed by atoms with Crippen LogP contribution in [0.15, 0.2) is 53.7 Å². The zero-order valence-corrected chi connectivity index (χ0v) is 14.7. The Morgan fingerprint density at radius 2 is 2.04 bits per heavy atom. The van der Waals surface area contributed by atoms with E-state index in [2.05, 4.69) is 4.57 Å². The Morgan fingerprint density at radius 3 is 2.76 bits per heavy atom. The van der Waals surface area contributed by atoms with Crippen LogP contribution in [0.1, 0.15) is 13.3 Å². The minimum absolute atomic E-state index is 0.157. The Bertz CT molecular complexity index is 905. The lowest BCUT2D eigenvalue weighted by Gasteiger charge is -2.11. The van der Waals surface area contributed by atoms with Crippen LogP contribution in [0, 0.1) is 0 Å². The number of benzene rings is 2. The second kappa shape index (κ2) is 6.80. The third-order valence-corrected chi connectivity index (χ3v) is 5.27. The van der Waals surface area contributed by atoms with Gasteiger partial charge in [0, 0.05) is 12.1 Å². The van der Waals surface area contributed by atoms with Crippen LogP contribution < -0.4 is 4.74 Å². The Kier molecular flexibility index (Phi) is 4.36. The van der Waals surface area contributed by atoms with E-state index in [4.69, 9.17) is 14.5 Å². The van der Waals surface area contributed by atoms with Gasteiger partial charge in [0.15, 0.2) is 5.16 Å². The SMILES string of the molecule is CCOc1ccc(-n2c(S[C@@H]3CCOC3=O)nc3ccccc32)cc1. The van der Waals surface area contributed by atoms with Crippen LogP contribution in [0.2, 0.25) is 0 Å². The molecule has 2 heterocycles. The van der Waals surface area contributed by atoms with Crippen LogP contribution >= 0.6 is 11.8 Å². The molecule has 3 aromatic rings. The molecule has 5 nitrogen and oxygen atoms in total. The Morgan fingerprint density at radius 1 is 1.24 bits per heavy atom. The van der Waals surface area contributed by atoms with Gasteiger partial charge in [-0.25, -0.2) is 4.98 Å². The monoisotopic (exact) mass is 354 g/mol. The fourth-order valence-electron chi connectivity index (χ4n) is 2.90. The number of esters is 1. The third kappa shape index (κ3) is 3.09. The molecule has 1 fully saturated rings. The van der Waals surface area contributed by atoms with Gasteiger partial charge in [-0.05, 0) is 43.3 Å². The second-order valence-electron chi connectivity index (χ2n) is 5.71. The second-order valence-corrected chi connectivity index (χ2v) is 6.88. The molecule has 0 amide bonds. The van der Waals surface area contributed by atoms with E-state index in [1.807, 2.05) is 55.5 Å². The molecule has 25 heavy (non-hydrogen) atoms. The van der Waals surface area contributed by atoms with Gasteiger partial charge >= 0.3 is 5.97 Å². The predicted molar refractivity (Wildman–Crippen MR) is 97.5 cm³/mol. The molecular formula is C19H18N2O3S. The lowest BCUT2D eigenvalue weighted by molar-refractivity contribution is -0.137. The number of cyclic esters (lactones) is 1. The van der Waals surface area contributed by atoms with Crippen LogP contribution in [-0.2, 0) is 9.53 Å². The van der Waals surface area contributed by atoms with E-state index in [9.17, 15) is 4.79 Å². The van der Waals surface area contributed by atoms with E-state index in [1.165, 1.54) is 11.8 Å². The molecule has 128 valence electrons. The number of rotatable bonds is 5. The topological polar surface area (TPSA) is 53.4 Å². The molecule has 0 unspecified atom stereocenters. The molecule has 1 aliphatic heterocycles. The molecular weight excluding hydrogens is 336 g/mol. The van der Waals surface area contributed by atoms with Crippen LogP contribution in [0.25, 0.3) is 16.7 Å². The number of thioether (sulfide) groups is 1. The van der Waals surface area contributed by atoms with Crippen molar-refractivity contribution in [2.45, 2.75) is 23.8 Å². The largest absolute Gasteiger partial charge is 0.494 e. The number of fused-ring (bicyclic) bond motifs is 1. The molecule has 0 radical (unpaired) electrons. The van der Waals surface area contributed by atoms with E-state index < -0.39 is 0 Å². The number of para-hydroxylation sites is 2. The van der Waals surface area contributed by atoms with Crippen molar-refractivity contribution in [3.8, 4) is 11.4 Å². The van der Waals surface area contributed by atoms with Crippen molar-refractivity contribution in [3.05, 3.63) is 48.5 Å². The first-order valence-electron chi connectivity index (χ1n) is 8.30. The van der Waals surface area contributed by atoms with Crippen molar-refractivity contribution in [3.63, 3.8) is 0 Å². The van der Waals surface area contributed by atoms with Crippen molar-refractivity contribution in [1.82, 2.24) is 9.55 Å². The predicted octanol–water partition coefficient (Wildman–Crippen LogP) is 3.83. The zero-order chi connectivity index (χ0) is 17.2. The average Bonchev–Trinajstić information content (AvgIpc) is 3.20. The van der Waals surface area contributed by atoms with E-state index in [1.54, 1.807) is 0 Å². The highest BCUT2D eigenvalue weighted by atomic mass is 32.2. The van der Waals surface area contributed by atoms with Gasteiger partial charge in [-0.1, -0.05) is 23.9 Å². The lowest BCUT2D eigenvalue weighted by Crippen LogP contribution is -2.11. The molecule has 4 rings (SSSR count). The van der Waals surface area contributed by atoms with Gasteiger partial charge in [0.2, 0.25) is 0 Å². The molecule has 0 bridgehead atoms. The molecule has 0 spiro atoms. The minimum atomic E-state index is -0.196. The van der Waals surface area contributed by atoms with Crippen LogP contribution in [-0.4, -0.2) is 34.0 Å².